The molecule has 0 aliphatic carbocycles. The molecule has 1 aromatic rings. The number of thiophene rings is 1. The van der Waals surface area contributed by atoms with Gasteiger partial charge in [0.1, 0.15) is 6.04 Å². The highest BCUT2D eigenvalue weighted by molar-refractivity contribution is 7.08. The van der Waals surface area contributed by atoms with Gasteiger partial charge < -0.3 is 4.90 Å². The Kier molecular flexibility index (Phi) is 4.23. The molecule has 0 radical (unpaired) electrons. The molecule has 1 aliphatic rings. The maximum atomic E-state index is 13.1. The fourth-order valence-corrected chi connectivity index (χ4v) is 3.15. The summed E-state index contributed by atoms with van der Waals surface area (Å²) in [5.74, 6) is -3.58. The SMILES string of the molecule is O=C(c1ccsc1)N1CCC[C@@H](C(F)(F)F)[C@H]1C(F)(F)F. The van der Waals surface area contributed by atoms with E-state index in [1.807, 2.05) is 0 Å². The van der Waals surface area contributed by atoms with Crippen LogP contribution in [0.25, 0.3) is 0 Å². The predicted molar refractivity (Wildman–Crippen MR) is 64.0 cm³/mol. The van der Waals surface area contributed by atoms with Crippen LogP contribution in [0.5, 0.6) is 0 Å². The Bertz CT molecular complexity index is 495. The summed E-state index contributed by atoms with van der Waals surface area (Å²) < 4.78 is 77.8. The first kappa shape index (κ1) is 16.1. The van der Waals surface area contributed by atoms with Crippen LogP contribution in [0.1, 0.15) is 23.2 Å². The number of carbonyl (C=O) groups excluding carboxylic acids is 1. The second-order valence-corrected chi connectivity index (χ2v) is 5.57. The average molecular weight is 331 g/mol. The third kappa shape index (κ3) is 3.33. The Hall–Kier alpha value is -1.25. The Morgan fingerprint density at radius 2 is 1.86 bits per heavy atom. The number of carbonyl (C=O) groups is 1. The van der Waals surface area contributed by atoms with E-state index in [4.69, 9.17) is 0 Å². The minimum absolute atomic E-state index is 0.0166. The lowest BCUT2D eigenvalue weighted by atomic mass is 9.87. The van der Waals surface area contributed by atoms with Gasteiger partial charge in [-0.1, -0.05) is 0 Å². The van der Waals surface area contributed by atoms with Crippen LogP contribution in [0, 0.1) is 5.92 Å². The van der Waals surface area contributed by atoms with Gasteiger partial charge in [-0.05, 0) is 24.3 Å². The number of hydrogen-bond donors (Lipinski definition) is 0. The highest BCUT2D eigenvalue weighted by Gasteiger charge is 2.59. The van der Waals surface area contributed by atoms with Crippen molar-refractivity contribution in [2.24, 2.45) is 5.92 Å². The average Bonchev–Trinajstić information content (AvgIpc) is 2.88. The molecule has 1 aromatic heterocycles. The molecule has 2 nitrogen and oxygen atoms in total. The van der Waals surface area contributed by atoms with Crippen LogP contribution < -0.4 is 0 Å². The number of piperidine rings is 1. The van der Waals surface area contributed by atoms with Crippen LogP contribution >= 0.6 is 11.3 Å². The third-order valence-corrected chi connectivity index (χ3v) is 4.10. The third-order valence-electron chi connectivity index (χ3n) is 3.42. The summed E-state index contributed by atoms with van der Waals surface area (Å²) in [7, 11) is 0. The van der Waals surface area contributed by atoms with Gasteiger partial charge in [0.25, 0.3) is 5.91 Å². The Balaban J connectivity index is 2.36. The number of alkyl halides is 6. The first-order valence-electron chi connectivity index (χ1n) is 6.09. The van der Waals surface area contributed by atoms with Gasteiger partial charge in [0.15, 0.2) is 0 Å². The zero-order chi connectivity index (χ0) is 15.8. The summed E-state index contributed by atoms with van der Waals surface area (Å²) in [5, 5.41) is 2.81. The minimum atomic E-state index is -5.12. The first-order valence-corrected chi connectivity index (χ1v) is 7.03. The van der Waals surface area contributed by atoms with Crippen molar-refractivity contribution in [1.82, 2.24) is 4.90 Å². The van der Waals surface area contributed by atoms with Crippen molar-refractivity contribution in [2.45, 2.75) is 31.2 Å². The summed E-state index contributed by atoms with van der Waals surface area (Å²) in [6.07, 6.45) is -10.8. The fraction of sp³-hybridized carbons (Fsp3) is 0.583. The normalized spacial score (nSPS) is 24.2. The van der Waals surface area contributed by atoms with E-state index in [2.05, 4.69) is 0 Å². The first-order chi connectivity index (χ1) is 9.62. The van der Waals surface area contributed by atoms with Gasteiger partial charge in [0.2, 0.25) is 0 Å². The number of hydrogen-bond acceptors (Lipinski definition) is 2. The second-order valence-electron chi connectivity index (χ2n) is 4.79. The summed E-state index contributed by atoms with van der Waals surface area (Å²) in [4.78, 5) is 12.4. The van der Waals surface area contributed by atoms with Crippen molar-refractivity contribution >= 4 is 17.2 Å². The van der Waals surface area contributed by atoms with Gasteiger partial charge in [-0.3, -0.25) is 4.79 Å². The largest absolute Gasteiger partial charge is 0.409 e. The van der Waals surface area contributed by atoms with Gasteiger partial charge in [0, 0.05) is 11.9 Å². The van der Waals surface area contributed by atoms with Crippen LogP contribution in [0.4, 0.5) is 26.3 Å². The molecule has 0 saturated carbocycles. The lowest BCUT2D eigenvalue weighted by Crippen LogP contribution is -2.59. The molecule has 0 bridgehead atoms. The molecule has 21 heavy (non-hydrogen) atoms. The topological polar surface area (TPSA) is 20.3 Å². The molecule has 0 spiro atoms. The Labute approximate surface area is 120 Å². The minimum Gasteiger partial charge on any atom is -0.326 e. The molecule has 9 heteroatoms. The summed E-state index contributed by atoms with van der Waals surface area (Å²) >= 11 is 1.10. The molecule has 1 saturated heterocycles. The van der Waals surface area contributed by atoms with Crippen molar-refractivity contribution < 1.29 is 31.1 Å². The zero-order valence-corrected chi connectivity index (χ0v) is 11.4. The number of amides is 1. The molecule has 1 amide bonds. The molecule has 0 aromatic carbocycles. The van der Waals surface area contributed by atoms with E-state index in [9.17, 15) is 31.1 Å². The molecule has 0 N–H and O–H groups in total. The lowest BCUT2D eigenvalue weighted by Gasteiger charge is -2.42. The van der Waals surface area contributed by atoms with E-state index in [0.29, 0.717) is 4.90 Å². The molecular weight excluding hydrogens is 320 g/mol. The molecule has 0 unspecified atom stereocenters. The van der Waals surface area contributed by atoms with Gasteiger partial charge >= 0.3 is 12.4 Å². The molecule has 2 atom stereocenters. The van der Waals surface area contributed by atoms with Crippen molar-refractivity contribution in [1.29, 1.82) is 0 Å². The molecule has 1 fully saturated rings. The van der Waals surface area contributed by atoms with E-state index in [1.54, 1.807) is 0 Å². The van der Waals surface area contributed by atoms with Crippen LogP contribution in [0.3, 0.4) is 0 Å². The molecular formula is C12H11F6NOS. The second kappa shape index (κ2) is 5.51. The van der Waals surface area contributed by atoms with Crippen molar-refractivity contribution in [3.63, 3.8) is 0 Å². The summed E-state index contributed by atoms with van der Waals surface area (Å²) in [6, 6.07) is -1.52. The summed E-state index contributed by atoms with van der Waals surface area (Å²) in [5.41, 5.74) is -0.0166. The molecule has 2 heterocycles. The van der Waals surface area contributed by atoms with E-state index in [0.717, 1.165) is 11.3 Å². The molecule has 1 aliphatic heterocycles. The highest BCUT2D eigenvalue weighted by atomic mass is 32.1. The maximum Gasteiger partial charge on any atom is 0.409 e. The lowest BCUT2D eigenvalue weighted by molar-refractivity contribution is -0.260. The van der Waals surface area contributed by atoms with E-state index in [1.165, 1.54) is 16.8 Å². The van der Waals surface area contributed by atoms with Gasteiger partial charge in [-0.15, -0.1) is 0 Å². The maximum absolute atomic E-state index is 13.1. The van der Waals surface area contributed by atoms with Gasteiger partial charge in [0.05, 0.1) is 11.5 Å². The van der Waals surface area contributed by atoms with Crippen LogP contribution in [-0.2, 0) is 0 Å². The predicted octanol–water partition coefficient (Wildman–Crippen LogP) is 4.09. The van der Waals surface area contributed by atoms with E-state index in [-0.39, 0.29) is 18.5 Å². The Morgan fingerprint density at radius 3 is 2.33 bits per heavy atom. The van der Waals surface area contributed by atoms with Gasteiger partial charge in [-0.2, -0.15) is 37.7 Å². The van der Waals surface area contributed by atoms with Crippen LogP contribution in [0.15, 0.2) is 16.8 Å². The van der Waals surface area contributed by atoms with Crippen molar-refractivity contribution in [3.05, 3.63) is 22.4 Å². The van der Waals surface area contributed by atoms with Crippen LogP contribution in [-0.4, -0.2) is 35.7 Å². The standard InChI is InChI=1S/C12H11F6NOS/c13-11(14,15)8-2-1-4-19(9(8)12(16,17)18)10(20)7-3-5-21-6-7/h3,5-6,8-9H,1-2,4H2/t8-,9+/m1/s1. The van der Waals surface area contributed by atoms with Crippen molar-refractivity contribution in [2.75, 3.05) is 6.54 Å². The number of halogens is 6. The van der Waals surface area contributed by atoms with E-state index < -0.39 is 36.6 Å². The highest BCUT2D eigenvalue weighted by Crippen LogP contribution is 2.44. The quantitative estimate of drug-likeness (QED) is 0.710. The fourth-order valence-electron chi connectivity index (χ4n) is 2.52. The number of nitrogens with zero attached hydrogens (tertiary/aromatic N) is 1. The van der Waals surface area contributed by atoms with Gasteiger partial charge in [-0.25, -0.2) is 0 Å². The monoisotopic (exact) mass is 331 g/mol. The molecule has 118 valence electrons. The summed E-state index contributed by atoms with van der Waals surface area (Å²) in [6.45, 7) is -0.328. The molecule has 2 rings (SSSR count). The zero-order valence-electron chi connectivity index (χ0n) is 10.5. The Morgan fingerprint density at radius 1 is 1.19 bits per heavy atom. The van der Waals surface area contributed by atoms with E-state index >= 15 is 0 Å². The van der Waals surface area contributed by atoms with Crippen molar-refractivity contribution in [3.8, 4) is 0 Å². The van der Waals surface area contributed by atoms with Crippen LogP contribution in [0.2, 0.25) is 0 Å². The smallest absolute Gasteiger partial charge is 0.326 e. The number of likely N-dealkylation sites (tertiary alicyclic amines) is 1. The number of rotatable bonds is 1.